The number of phenols is 2. The van der Waals surface area contributed by atoms with Crippen molar-refractivity contribution >= 4 is 34.1 Å². The standard InChI is InChI=1S/C13H11N3O7S/c14-13-15-6(4-24-13)9(11(19)20)16-23-10(12(21)22)5-1-2-7(17)8(18)3-5/h1-4,10,17-18H,(H2,14,15)(H,19,20)(H,21,22)/b16-9-/t10-/m0/s1. The van der Waals surface area contributed by atoms with Crippen LogP contribution < -0.4 is 5.73 Å². The molecule has 0 aliphatic rings. The van der Waals surface area contributed by atoms with Crippen LogP contribution in [0.5, 0.6) is 11.5 Å². The van der Waals surface area contributed by atoms with Gasteiger partial charge < -0.3 is 31.0 Å². The minimum absolute atomic E-state index is 0.0518. The van der Waals surface area contributed by atoms with Gasteiger partial charge in [-0.15, -0.1) is 11.3 Å². The number of rotatable bonds is 6. The molecule has 0 fully saturated rings. The Kier molecular flexibility index (Phi) is 4.84. The topological polar surface area (TPSA) is 176 Å². The molecule has 11 heteroatoms. The van der Waals surface area contributed by atoms with Crippen LogP contribution in [0.25, 0.3) is 0 Å². The molecular weight excluding hydrogens is 342 g/mol. The van der Waals surface area contributed by atoms with Gasteiger partial charge in [0.15, 0.2) is 16.6 Å². The Balaban J connectivity index is 2.33. The molecule has 0 saturated carbocycles. The highest BCUT2D eigenvalue weighted by Crippen LogP contribution is 2.29. The molecule has 10 nitrogen and oxygen atoms in total. The first kappa shape index (κ1) is 17.0. The number of nitrogen functional groups attached to an aromatic ring is 1. The Morgan fingerprint density at radius 2 is 1.96 bits per heavy atom. The third kappa shape index (κ3) is 3.70. The van der Waals surface area contributed by atoms with Gasteiger partial charge >= 0.3 is 11.9 Å². The molecule has 0 aliphatic heterocycles. The van der Waals surface area contributed by atoms with Crippen LogP contribution in [0, 0.1) is 0 Å². The van der Waals surface area contributed by atoms with E-state index in [9.17, 15) is 24.9 Å². The number of aliphatic carboxylic acids is 2. The molecule has 6 N–H and O–H groups in total. The second kappa shape index (κ2) is 6.83. The summed E-state index contributed by atoms with van der Waals surface area (Å²) in [5.41, 5.74) is 4.66. The zero-order chi connectivity index (χ0) is 17.9. The number of hydrogen-bond donors (Lipinski definition) is 5. The minimum atomic E-state index is -1.71. The molecule has 0 radical (unpaired) electrons. The lowest BCUT2D eigenvalue weighted by Crippen LogP contribution is -2.19. The van der Waals surface area contributed by atoms with Crippen LogP contribution in [-0.2, 0) is 14.4 Å². The van der Waals surface area contributed by atoms with Crippen LogP contribution in [0.3, 0.4) is 0 Å². The molecule has 0 spiro atoms. The molecule has 24 heavy (non-hydrogen) atoms. The summed E-state index contributed by atoms with van der Waals surface area (Å²) in [6.07, 6.45) is -1.71. The Morgan fingerprint density at radius 3 is 2.46 bits per heavy atom. The van der Waals surface area contributed by atoms with E-state index in [-0.39, 0.29) is 16.4 Å². The predicted octanol–water partition coefficient (Wildman–Crippen LogP) is 0.768. The van der Waals surface area contributed by atoms with Crippen molar-refractivity contribution in [2.75, 3.05) is 5.73 Å². The van der Waals surface area contributed by atoms with Crippen LogP contribution in [-0.4, -0.2) is 43.1 Å². The molecule has 0 saturated heterocycles. The van der Waals surface area contributed by atoms with Crippen molar-refractivity contribution in [3.8, 4) is 11.5 Å². The van der Waals surface area contributed by atoms with E-state index in [1.807, 2.05) is 0 Å². The predicted molar refractivity (Wildman–Crippen MR) is 81.9 cm³/mol. The number of hydrogen-bond acceptors (Lipinski definition) is 9. The zero-order valence-corrected chi connectivity index (χ0v) is 12.6. The van der Waals surface area contributed by atoms with Crippen molar-refractivity contribution in [2.24, 2.45) is 5.16 Å². The van der Waals surface area contributed by atoms with Gasteiger partial charge in [0.1, 0.15) is 5.69 Å². The van der Waals surface area contributed by atoms with E-state index in [2.05, 4.69) is 10.1 Å². The molecule has 0 unspecified atom stereocenters. The third-order valence-electron chi connectivity index (χ3n) is 2.74. The maximum absolute atomic E-state index is 11.3. The number of aromatic nitrogens is 1. The Morgan fingerprint density at radius 1 is 1.25 bits per heavy atom. The summed E-state index contributed by atoms with van der Waals surface area (Å²) in [4.78, 5) is 31.1. The van der Waals surface area contributed by atoms with E-state index in [0.29, 0.717) is 0 Å². The van der Waals surface area contributed by atoms with Crippen molar-refractivity contribution in [1.82, 2.24) is 4.98 Å². The molecule has 1 aromatic heterocycles. The third-order valence-corrected chi connectivity index (χ3v) is 3.42. The van der Waals surface area contributed by atoms with Gasteiger partial charge in [-0.2, -0.15) is 0 Å². The number of carbonyl (C=O) groups is 2. The molecule has 0 aliphatic carbocycles. The normalized spacial score (nSPS) is 12.6. The molecule has 1 heterocycles. The van der Waals surface area contributed by atoms with E-state index in [1.165, 1.54) is 11.4 Å². The van der Waals surface area contributed by atoms with Crippen molar-refractivity contribution in [2.45, 2.75) is 6.10 Å². The fraction of sp³-hybridized carbons (Fsp3) is 0.0769. The minimum Gasteiger partial charge on any atom is -0.504 e. The summed E-state index contributed by atoms with van der Waals surface area (Å²) < 4.78 is 0. The lowest BCUT2D eigenvalue weighted by molar-refractivity contribution is -0.151. The van der Waals surface area contributed by atoms with E-state index in [1.54, 1.807) is 0 Å². The van der Waals surface area contributed by atoms with Crippen molar-refractivity contribution in [3.05, 3.63) is 34.8 Å². The summed E-state index contributed by atoms with van der Waals surface area (Å²) in [7, 11) is 0. The summed E-state index contributed by atoms with van der Waals surface area (Å²) in [6, 6.07) is 3.21. The van der Waals surface area contributed by atoms with Gasteiger partial charge in [-0.05, 0) is 12.1 Å². The first-order valence-electron chi connectivity index (χ1n) is 6.22. The number of thiazole rings is 1. The molecule has 2 aromatic rings. The SMILES string of the molecule is Nc1nc(/C(=N/O[C@H](C(=O)O)c2ccc(O)c(O)c2)C(=O)O)cs1. The largest absolute Gasteiger partial charge is 0.504 e. The van der Waals surface area contributed by atoms with E-state index in [0.717, 1.165) is 23.5 Å². The molecule has 1 atom stereocenters. The van der Waals surface area contributed by atoms with Gasteiger partial charge in [0, 0.05) is 10.9 Å². The number of anilines is 1. The Bertz CT molecular complexity index is 818. The van der Waals surface area contributed by atoms with Crippen molar-refractivity contribution < 1.29 is 34.9 Å². The lowest BCUT2D eigenvalue weighted by Gasteiger charge is -2.12. The van der Waals surface area contributed by atoms with Crippen molar-refractivity contribution in [3.63, 3.8) is 0 Å². The van der Waals surface area contributed by atoms with Gasteiger partial charge in [-0.1, -0.05) is 11.2 Å². The number of oxime groups is 1. The molecular formula is C13H11N3O7S. The highest BCUT2D eigenvalue weighted by atomic mass is 32.1. The number of carboxylic acids is 2. The second-order valence-corrected chi connectivity index (χ2v) is 5.28. The van der Waals surface area contributed by atoms with Gasteiger partial charge in [0.05, 0.1) is 0 Å². The number of nitrogens with two attached hydrogens (primary N) is 1. The molecule has 2 rings (SSSR count). The highest BCUT2D eigenvalue weighted by Gasteiger charge is 2.25. The number of carboxylic acid groups (broad SMARTS) is 2. The Hall–Kier alpha value is -3.34. The summed E-state index contributed by atoms with van der Waals surface area (Å²) in [5, 5.41) is 41.8. The van der Waals surface area contributed by atoms with Crippen LogP contribution in [0.2, 0.25) is 0 Å². The van der Waals surface area contributed by atoms with Crippen LogP contribution in [0.15, 0.2) is 28.7 Å². The number of phenolic OH excluding ortho intramolecular Hbond substituents is 2. The Labute approximate surface area is 138 Å². The van der Waals surface area contributed by atoms with E-state index >= 15 is 0 Å². The molecule has 1 aromatic carbocycles. The van der Waals surface area contributed by atoms with Gasteiger partial charge in [-0.3, -0.25) is 0 Å². The summed E-state index contributed by atoms with van der Waals surface area (Å²) >= 11 is 0.980. The number of benzene rings is 1. The van der Waals surface area contributed by atoms with Crippen LogP contribution in [0.4, 0.5) is 5.13 Å². The number of nitrogens with zero attached hydrogens (tertiary/aromatic N) is 2. The fourth-order valence-electron chi connectivity index (χ4n) is 1.65. The highest BCUT2D eigenvalue weighted by molar-refractivity contribution is 7.13. The average molecular weight is 353 g/mol. The van der Waals surface area contributed by atoms with Gasteiger partial charge in [-0.25, -0.2) is 14.6 Å². The lowest BCUT2D eigenvalue weighted by atomic mass is 10.1. The van der Waals surface area contributed by atoms with Crippen LogP contribution >= 0.6 is 11.3 Å². The first-order chi connectivity index (χ1) is 11.3. The van der Waals surface area contributed by atoms with Crippen molar-refractivity contribution in [1.29, 1.82) is 0 Å². The summed E-state index contributed by atoms with van der Waals surface area (Å²) in [6.45, 7) is 0. The monoisotopic (exact) mass is 353 g/mol. The maximum atomic E-state index is 11.3. The van der Waals surface area contributed by atoms with E-state index in [4.69, 9.17) is 15.7 Å². The zero-order valence-electron chi connectivity index (χ0n) is 11.8. The first-order valence-corrected chi connectivity index (χ1v) is 7.10. The number of aromatic hydroxyl groups is 2. The fourth-order valence-corrected chi connectivity index (χ4v) is 2.20. The quantitative estimate of drug-likeness (QED) is 0.285. The second-order valence-electron chi connectivity index (χ2n) is 4.39. The van der Waals surface area contributed by atoms with Crippen LogP contribution in [0.1, 0.15) is 17.4 Å². The van der Waals surface area contributed by atoms with Gasteiger partial charge in [0.25, 0.3) is 0 Å². The van der Waals surface area contributed by atoms with E-state index < -0.39 is 35.3 Å². The maximum Gasteiger partial charge on any atom is 0.360 e. The molecule has 0 bridgehead atoms. The van der Waals surface area contributed by atoms with Gasteiger partial charge in [0.2, 0.25) is 11.8 Å². The summed E-state index contributed by atoms with van der Waals surface area (Å²) in [5.74, 6) is -3.98. The molecule has 0 amide bonds. The molecule has 126 valence electrons. The smallest absolute Gasteiger partial charge is 0.360 e. The average Bonchev–Trinajstić information content (AvgIpc) is 2.92.